The molecule has 0 saturated carbocycles. The van der Waals surface area contributed by atoms with E-state index in [1.807, 2.05) is 31.3 Å². The van der Waals surface area contributed by atoms with Crippen LogP contribution in [0.25, 0.3) is 5.65 Å². The van der Waals surface area contributed by atoms with Gasteiger partial charge >= 0.3 is 5.69 Å². The number of aryl methyl sites for hydroxylation is 2. The van der Waals surface area contributed by atoms with Crippen LogP contribution in [0.15, 0.2) is 35.3 Å². The van der Waals surface area contributed by atoms with Crippen molar-refractivity contribution in [3.8, 4) is 0 Å². The summed E-state index contributed by atoms with van der Waals surface area (Å²) in [5.41, 5.74) is 2.52. The Morgan fingerprint density at radius 3 is 2.79 bits per heavy atom. The van der Waals surface area contributed by atoms with Crippen molar-refractivity contribution in [1.29, 1.82) is 0 Å². The summed E-state index contributed by atoms with van der Waals surface area (Å²) < 4.78 is 4.80. The van der Waals surface area contributed by atoms with Crippen molar-refractivity contribution >= 4 is 5.65 Å². The first-order valence-corrected chi connectivity index (χ1v) is 6.25. The molecule has 0 saturated heterocycles. The Bertz CT molecular complexity index is 780. The Balaban J connectivity index is 2.03. The molecule has 3 aromatic heterocycles. The standard InChI is InChI=1S/C13H15N5O/c1-3-10-8-11(16(2)14-10)9-18-13(19)17-7-5-4-6-12(17)15-18/h4-8H,3,9H2,1-2H3. The molecule has 6 nitrogen and oxygen atoms in total. The Hall–Kier alpha value is -2.37. The fourth-order valence-electron chi connectivity index (χ4n) is 2.12. The van der Waals surface area contributed by atoms with Gasteiger partial charge in [0.25, 0.3) is 0 Å². The van der Waals surface area contributed by atoms with Crippen LogP contribution in [0.5, 0.6) is 0 Å². The smallest absolute Gasteiger partial charge is 0.270 e. The average Bonchev–Trinajstić information content (AvgIpc) is 2.93. The molecule has 0 amide bonds. The number of nitrogens with zero attached hydrogens (tertiary/aromatic N) is 5. The van der Waals surface area contributed by atoms with Gasteiger partial charge < -0.3 is 0 Å². The van der Waals surface area contributed by atoms with E-state index in [0.29, 0.717) is 12.2 Å². The van der Waals surface area contributed by atoms with Gasteiger partial charge in [0.05, 0.1) is 17.9 Å². The fraction of sp³-hybridized carbons (Fsp3) is 0.308. The molecule has 0 fully saturated rings. The topological polar surface area (TPSA) is 57.1 Å². The lowest BCUT2D eigenvalue weighted by atomic mass is 10.3. The molecule has 0 unspecified atom stereocenters. The maximum absolute atomic E-state index is 12.2. The van der Waals surface area contributed by atoms with Gasteiger partial charge in [-0.3, -0.25) is 9.08 Å². The summed E-state index contributed by atoms with van der Waals surface area (Å²) in [6, 6.07) is 7.51. The van der Waals surface area contributed by atoms with E-state index in [1.54, 1.807) is 10.9 Å². The maximum atomic E-state index is 12.2. The second-order valence-corrected chi connectivity index (χ2v) is 4.47. The Morgan fingerprint density at radius 1 is 1.26 bits per heavy atom. The van der Waals surface area contributed by atoms with Crippen LogP contribution >= 0.6 is 0 Å². The van der Waals surface area contributed by atoms with Crippen LogP contribution in [0, 0.1) is 0 Å². The van der Waals surface area contributed by atoms with E-state index >= 15 is 0 Å². The maximum Gasteiger partial charge on any atom is 0.350 e. The van der Waals surface area contributed by atoms with Crippen molar-refractivity contribution in [3.05, 3.63) is 52.3 Å². The van der Waals surface area contributed by atoms with Crippen LogP contribution < -0.4 is 5.69 Å². The predicted octanol–water partition coefficient (Wildman–Crippen LogP) is 0.840. The largest absolute Gasteiger partial charge is 0.350 e. The van der Waals surface area contributed by atoms with Crippen molar-refractivity contribution in [2.45, 2.75) is 19.9 Å². The highest BCUT2D eigenvalue weighted by Gasteiger charge is 2.09. The molecule has 0 atom stereocenters. The third kappa shape index (κ3) is 1.95. The lowest BCUT2D eigenvalue weighted by molar-refractivity contribution is 0.602. The molecular weight excluding hydrogens is 242 g/mol. The van der Waals surface area contributed by atoms with Crippen LogP contribution in [-0.2, 0) is 20.0 Å². The van der Waals surface area contributed by atoms with E-state index < -0.39 is 0 Å². The van der Waals surface area contributed by atoms with Crippen molar-refractivity contribution < 1.29 is 0 Å². The molecule has 0 aromatic carbocycles. The molecule has 0 N–H and O–H groups in total. The zero-order chi connectivity index (χ0) is 13.4. The first kappa shape index (κ1) is 11.7. The van der Waals surface area contributed by atoms with E-state index in [9.17, 15) is 4.79 Å². The Kier molecular flexibility index (Phi) is 2.70. The number of fused-ring (bicyclic) bond motifs is 1. The molecule has 0 bridgehead atoms. The van der Waals surface area contributed by atoms with E-state index in [1.165, 1.54) is 9.08 Å². The second-order valence-electron chi connectivity index (χ2n) is 4.47. The first-order chi connectivity index (χ1) is 9.19. The van der Waals surface area contributed by atoms with Gasteiger partial charge in [0.15, 0.2) is 5.65 Å². The Labute approximate surface area is 109 Å². The fourth-order valence-corrected chi connectivity index (χ4v) is 2.12. The monoisotopic (exact) mass is 257 g/mol. The zero-order valence-electron chi connectivity index (χ0n) is 10.9. The minimum Gasteiger partial charge on any atom is -0.270 e. The highest BCUT2D eigenvalue weighted by Crippen LogP contribution is 2.05. The summed E-state index contributed by atoms with van der Waals surface area (Å²) in [5, 5.41) is 8.69. The van der Waals surface area contributed by atoms with Crippen molar-refractivity contribution in [2.24, 2.45) is 7.05 Å². The van der Waals surface area contributed by atoms with E-state index in [4.69, 9.17) is 0 Å². The summed E-state index contributed by atoms with van der Waals surface area (Å²) >= 11 is 0. The van der Waals surface area contributed by atoms with E-state index in [2.05, 4.69) is 17.1 Å². The van der Waals surface area contributed by atoms with Gasteiger partial charge in [-0.25, -0.2) is 9.48 Å². The molecule has 0 aliphatic rings. The Morgan fingerprint density at radius 2 is 2.11 bits per heavy atom. The molecule has 0 spiro atoms. The summed E-state index contributed by atoms with van der Waals surface area (Å²) in [6.45, 7) is 2.49. The molecule has 6 heteroatoms. The van der Waals surface area contributed by atoms with Gasteiger partial charge in [-0.2, -0.15) is 5.10 Å². The van der Waals surface area contributed by atoms with Gasteiger partial charge in [-0.15, -0.1) is 5.10 Å². The van der Waals surface area contributed by atoms with Crippen LogP contribution in [0.2, 0.25) is 0 Å². The quantitative estimate of drug-likeness (QED) is 0.698. The SMILES string of the molecule is CCc1cc(Cn2nc3ccccn3c2=O)n(C)n1. The van der Waals surface area contributed by atoms with Gasteiger partial charge in [0.2, 0.25) is 0 Å². The van der Waals surface area contributed by atoms with Gasteiger partial charge in [0, 0.05) is 13.2 Å². The van der Waals surface area contributed by atoms with Crippen molar-refractivity contribution in [2.75, 3.05) is 0 Å². The predicted molar refractivity (Wildman–Crippen MR) is 71.1 cm³/mol. The molecule has 98 valence electrons. The van der Waals surface area contributed by atoms with Crippen molar-refractivity contribution in [1.82, 2.24) is 24.0 Å². The van der Waals surface area contributed by atoms with Gasteiger partial charge in [-0.05, 0) is 24.6 Å². The minimum absolute atomic E-state index is 0.130. The summed E-state index contributed by atoms with van der Waals surface area (Å²) in [7, 11) is 1.88. The molecule has 3 heterocycles. The van der Waals surface area contributed by atoms with Crippen LogP contribution in [0.3, 0.4) is 0 Å². The number of pyridine rings is 1. The molecule has 0 aliphatic carbocycles. The zero-order valence-corrected chi connectivity index (χ0v) is 10.9. The number of rotatable bonds is 3. The summed E-state index contributed by atoms with van der Waals surface area (Å²) in [6.07, 6.45) is 2.61. The lowest BCUT2D eigenvalue weighted by Gasteiger charge is -1.99. The van der Waals surface area contributed by atoms with E-state index in [-0.39, 0.29) is 5.69 Å². The summed E-state index contributed by atoms with van der Waals surface area (Å²) in [4.78, 5) is 12.2. The molecular formula is C13H15N5O. The lowest BCUT2D eigenvalue weighted by Crippen LogP contribution is -2.22. The van der Waals surface area contributed by atoms with Crippen molar-refractivity contribution in [3.63, 3.8) is 0 Å². The molecule has 3 aromatic rings. The molecule has 19 heavy (non-hydrogen) atoms. The van der Waals surface area contributed by atoms with Gasteiger partial charge in [-0.1, -0.05) is 13.0 Å². The summed E-state index contributed by atoms with van der Waals surface area (Å²) in [5.74, 6) is 0. The minimum atomic E-state index is -0.130. The third-order valence-electron chi connectivity index (χ3n) is 3.19. The number of hydrogen-bond donors (Lipinski definition) is 0. The number of aromatic nitrogens is 5. The van der Waals surface area contributed by atoms with Gasteiger partial charge in [0.1, 0.15) is 0 Å². The van der Waals surface area contributed by atoms with Crippen LogP contribution in [-0.4, -0.2) is 24.0 Å². The third-order valence-corrected chi connectivity index (χ3v) is 3.19. The van der Waals surface area contributed by atoms with Crippen LogP contribution in [0.4, 0.5) is 0 Å². The highest BCUT2D eigenvalue weighted by atomic mass is 16.2. The highest BCUT2D eigenvalue weighted by molar-refractivity contribution is 5.35. The normalized spacial score (nSPS) is 11.3. The van der Waals surface area contributed by atoms with Crippen LogP contribution in [0.1, 0.15) is 18.3 Å². The van der Waals surface area contributed by atoms with E-state index in [0.717, 1.165) is 17.8 Å². The molecule has 3 rings (SSSR count). The first-order valence-electron chi connectivity index (χ1n) is 6.25. The number of hydrogen-bond acceptors (Lipinski definition) is 3. The average molecular weight is 257 g/mol. The molecule has 0 radical (unpaired) electrons. The molecule has 0 aliphatic heterocycles. The second kappa shape index (κ2) is 4.38.